The average molecular weight is 152 g/mol. The van der Waals surface area contributed by atoms with Gasteiger partial charge in [0.25, 0.3) is 5.91 Å². The maximum atomic E-state index is 10.9. The Morgan fingerprint density at radius 3 is 2.82 bits per heavy atom. The highest BCUT2D eigenvalue weighted by Crippen LogP contribution is 1.98. The summed E-state index contributed by atoms with van der Waals surface area (Å²) in [5.41, 5.74) is 0.804. The Kier molecular flexibility index (Phi) is 2.06. The predicted molar refractivity (Wildman–Crippen MR) is 39.6 cm³/mol. The summed E-state index contributed by atoms with van der Waals surface area (Å²) >= 11 is 0. The Morgan fingerprint density at radius 1 is 1.64 bits per heavy atom. The first-order valence-electron chi connectivity index (χ1n) is 3.14. The highest BCUT2D eigenvalue weighted by molar-refractivity contribution is 5.93. The number of aldehydes is 1. The van der Waals surface area contributed by atoms with E-state index in [1.54, 1.807) is 12.1 Å². The van der Waals surface area contributed by atoms with Crippen LogP contribution in [0, 0.1) is 0 Å². The van der Waals surface area contributed by atoms with Crippen molar-refractivity contribution in [3.8, 4) is 0 Å². The molecule has 11 heavy (non-hydrogen) atoms. The van der Waals surface area contributed by atoms with Crippen molar-refractivity contribution in [1.29, 1.82) is 0 Å². The molecule has 0 atom stereocenters. The fourth-order valence-corrected chi connectivity index (χ4v) is 0.748. The highest BCUT2D eigenvalue weighted by atomic mass is 16.1. The number of carbonyl (C=O) groups is 2. The maximum absolute atomic E-state index is 10.9. The van der Waals surface area contributed by atoms with Crippen LogP contribution in [-0.2, 0) is 0 Å². The lowest BCUT2D eigenvalue weighted by Crippen LogP contribution is -2.18. The van der Waals surface area contributed by atoms with Crippen LogP contribution in [0.3, 0.4) is 0 Å². The summed E-state index contributed by atoms with van der Waals surface area (Å²) in [6.07, 6.45) is 0.659. The lowest BCUT2D eigenvalue weighted by molar-refractivity contribution is 0.0959. The molecule has 0 aliphatic rings. The Balaban J connectivity index is 2.88. The van der Waals surface area contributed by atoms with Gasteiger partial charge < -0.3 is 10.3 Å². The molecule has 0 aromatic carbocycles. The minimum Gasteiger partial charge on any atom is -0.354 e. The molecule has 1 heterocycles. The molecule has 1 amide bonds. The third-order valence-corrected chi connectivity index (χ3v) is 1.31. The number of H-pyrrole nitrogens is 1. The van der Waals surface area contributed by atoms with E-state index in [0.29, 0.717) is 17.7 Å². The molecule has 58 valence electrons. The zero-order chi connectivity index (χ0) is 8.27. The molecule has 1 aromatic heterocycles. The minimum absolute atomic E-state index is 0.224. The SMILES string of the molecule is CNC(=O)c1ccc(C=O)[nH]1. The Morgan fingerprint density at radius 2 is 2.36 bits per heavy atom. The van der Waals surface area contributed by atoms with E-state index in [1.807, 2.05) is 0 Å². The number of carbonyl (C=O) groups excluding carboxylic acids is 2. The van der Waals surface area contributed by atoms with Crippen LogP contribution in [0.4, 0.5) is 0 Å². The van der Waals surface area contributed by atoms with Gasteiger partial charge in [-0.2, -0.15) is 0 Å². The summed E-state index contributed by atoms with van der Waals surface area (Å²) in [5.74, 6) is -0.224. The van der Waals surface area contributed by atoms with Gasteiger partial charge in [-0.15, -0.1) is 0 Å². The number of aromatic nitrogens is 1. The number of aromatic amines is 1. The minimum atomic E-state index is -0.224. The monoisotopic (exact) mass is 152 g/mol. The van der Waals surface area contributed by atoms with E-state index in [2.05, 4.69) is 10.3 Å². The van der Waals surface area contributed by atoms with E-state index in [-0.39, 0.29) is 5.91 Å². The zero-order valence-electron chi connectivity index (χ0n) is 6.05. The Bertz CT molecular complexity index is 278. The van der Waals surface area contributed by atoms with Crippen LogP contribution in [0.2, 0.25) is 0 Å². The first-order chi connectivity index (χ1) is 5.27. The largest absolute Gasteiger partial charge is 0.354 e. The molecular weight excluding hydrogens is 144 g/mol. The summed E-state index contributed by atoms with van der Waals surface area (Å²) in [7, 11) is 1.53. The highest BCUT2D eigenvalue weighted by Gasteiger charge is 2.03. The summed E-state index contributed by atoms with van der Waals surface area (Å²) in [4.78, 5) is 23.7. The van der Waals surface area contributed by atoms with Gasteiger partial charge in [0.05, 0.1) is 5.69 Å². The number of hydrogen-bond acceptors (Lipinski definition) is 2. The second-order valence-corrected chi connectivity index (χ2v) is 2.02. The molecule has 2 N–H and O–H groups in total. The topological polar surface area (TPSA) is 62.0 Å². The smallest absolute Gasteiger partial charge is 0.267 e. The molecule has 1 aromatic rings. The Hall–Kier alpha value is -1.58. The molecule has 0 aliphatic heterocycles. The molecule has 0 unspecified atom stereocenters. The van der Waals surface area contributed by atoms with Crippen molar-refractivity contribution in [2.75, 3.05) is 7.05 Å². The van der Waals surface area contributed by atoms with E-state index in [1.165, 1.54) is 7.05 Å². The number of nitrogens with one attached hydrogen (secondary N) is 2. The van der Waals surface area contributed by atoms with Gasteiger partial charge in [-0.05, 0) is 12.1 Å². The number of amides is 1. The first-order valence-corrected chi connectivity index (χ1v) is 3.14. The van der Waals surface area contributed by atoms with Crippen LogP contribution in [0.5, 0.6) is 0 Å². The maximum Gasteiger partial charge on any atom is 0.267 e. The summed E-state index contributed by atoms with van der Waals surface area (Å²) in [5, 5.41) is 2.43. The third kappa shape index (κ3) is 1.46. The van der Waals surface area contributed by atoms with Gasteiger partial charge >= 0.3 is 0 Å². The van der Waals surface area contributed by atoms with Gasteiger partial charge in [-0.25, -0.2) is 0 Å². The van der Waals surface area contributed by atoms with Crippen molar-refractivity contribution in [2.45, 2.75) is 0 Å². The van der Waals surface area contributed by atoms with Crippen LogP contribution in [0.15, 0.2) is 12.1 Å². The van der Waals surface area contributed by atoms with E-state index >= 15 is 0 Å². The molecule has 0 bridgehead atoms. The molecule has 4 heteroatoms. The van der Waals surface area contributed by atoms with E-state index in [4.69, 9.17) is 0 Å². The first kappa shape index (κ1) is 7.53. The summed E-state index contributed by atoms with van der Waals surface area (Å²) < 4.78 is 0. The van der Waals surface area contributed by atoms with Crippen LogP contribution < -0.4 is 5.32 Å². The van der Waals surface area contributed by atoms with E-state index in [0.717, 1.165) is 0 Å². The molecule has 1 rings (SSSR count). The molecule has 0 fully saturated rings. The van der Waals surface area contributed by atoms with E-state index in [9.17, 15) is 9.59 Å². The molecule has 0 spiro atoms. The fourth-order valence-electron chi connectivity index (χ4n) is 0.748. The standard InChI is InChI=1S/C7H8N2O2/c1-8-7(11)6-3-2-5(4-10)9-6/h2-4,9H,1H3,(H,8,11). The van der Waals surface area contributed by atoms with Crippen LogP contribution in [0.25, 0.3) is 0 Å². The van der Waals surface area contributed by atoms with E-state index < -0.39 is 0 Å². The fraction of sp³-hybridized carbons (Fsp3) is 0.143. The second-order valence-electron chi connectivity index (χ2n) is 2.02. The number of hydrogen-bond donors (Lipinski definition) is 2. The van der Waals surface area contributed by atoms with Crippen molar-refractivity contribution in [3.63, 3.8) is 0 Å². The van der Waals surface area contributed by atoms with Crippen molar-refractivity contribution in [3.05, 3.63) is 23.5 Å². The van der Waals surface area contributed by atoms with Crippen molar-refractivity contribution in [1.82, 2.24) is 10.3 Å². The number of rotatable bonds is 2. The lowest BCUT2D eigenvalue weighted by atomic mass is 10.4. The molecule has 0 saturated carbocycles. The molecule has 4 nitrogen and oxygen atoms in total. The normalized spacial score (nSPS) is 9.18. The van der Waals surface area contributed by atoms with Crippen molar-refractivity contribution < 1.29 is 9.59 Å². The van der Waals surface area contributed by atoms with Gasteiger partial charge in [0, 0.05) is 7.05 Å². The van der Waals surface area contributed by atoms with Crippen molar-refractivity contribution in [2.24, 2.45) is 0 Å². The van der Waals surface area contributed by atoms with Gasteiger partial charge in [-0.1, -0.05) is 0 Å². The quantitative estimate of drug-likeness (QED) is 0.594. The summed E-state index contributed by atoms with van der Waals surface area (Å²) in [6.45, 7) is 0. The van der Waals surface area contributed by atoms with Crippen LogP contribution in [0.1, 0.15) is 21.0 Å². The van der Waals surface area contributed by atoms with Crippen molar-refractivity contribution >= 4 is 12.2 Å². The second kappa shape index (κ2) is 3.01. The van der Waals surface area contributed by atoms with Gasteiger partial charge in [0.2, 0.25) is 0 Å². The molecular formula is C7H8N2O2. The predicted octanol–water partition coefficient (Wildman–Crippen LogP) is 0.187. The van der Waals surface area contributed by atoms with Gasteiger partial charge in [-0.3, -0.25) is 9.59 Å². The van der Waals surface area contributed by atoms with Gasteiger partial charge in [0.1, 0.15) is 5.69 Å². The molecule has 0 saturated heterocycles. The lowest BCUT2D eigenvalue weighted by Gasteiger charge is -1.92. The molecule has 0 aliphatic carbocycles. The Labute approximate surface area is 63.6 Å². The summed E-state index contributed by atoms with van der Waals surface area (Å²) in [6, 6.07) is 3.11. The average Bonchev–Trinajstić information content (AvgIpc) is 2.50. The van der Waals surface area contributed by atoms with Crippen LogP contribution in [-0.4, -0.2) is 24.2 Å². The zero-order valence-corrected chi connectivity index (χ0v) is 6.05. The van der Waals surface area contributed by atoms with Crippen LogP contribution >= 0.6 is 0 Å². The van der Waals surface area contributed by atoms with Gasteiger partial charge in [0.15, 0.2) is 6.29 Å². The molecule has 0 radical (unpaired) electrons. The third-order valence-electron chi connectivity index (χ3n) is 1.31.